The second-order valence-corrected chi connectivity index (χ2v) is 7.60. The van der Waals surface area contributed by atoms with Crippen LogP contribution in [0.3, 0.4) is 0 Å². The van der Waals surface area contributed by atoms with Crippen molar-refractivity contribution in [2.45, 2.75) is 50.7 Å². The van der Waals surface area contributed by atoms with Gasteiger partial charge in [0, 0.05) is 25.5 Å². The molecule has 7 nitrogen and oxygen atoms in total. The number of nitrogens with one attached hydrogen (secondary N) is 1. The fourth-order valence-electron chi connectivity index (χ4n) is 3.67. The number of alkyl halides is 5. The molecule has 0 bridgehead atoms. The molecule has 0 saturated heterocycles. The first kappa shape index (κ1) is 22.3. The molecule has 1 aromatic carbocycles. The number of hydrogen-bond acceptors (Lipinski definition) is 5. The van der Waals surface area contributed by atoms with Gasteiger partial charge in [-0.1, -0.05) is 12.1 Å². The van der Waals surface area contributed by atoms with Crippen molar-refractivity contribution in [3.63, 3.8) is 0 Å². The van der Waals surface area contributed by atoms with Crippen LogP contribution in [0.25, 0.3) is 0 Å². The van der Waals surface area contributed by atoms with E-state index in [1.165, 1.54) is 10.7 Å². The number of aryl methyl sites for hydroxylation is 1. The van der Waals surface area contributed by atoms with Crippen molar-refractivity contribution >= 4 is 5.91 Å². The topological polar surface area (TPSA) is 74.6 Å². The van der Waals surface area contributed by atoms with E-state index < -0.39 is 37.4 Å². The molecule has 174 valence electrons. The molecule has 0 saturated carbocycles. The maximum atomic E-state index is 12.6. The first-order valence-corrected chi connectivity index (χ1v) is 9.95. The molecular weight excluding hydrogens is 441 g/mol. The van der Waals surface area contributed by atoms with E-state index in [0.29, 0.717) is 17.7 Å². The molecule has 2 atom stereocenters. The van der Waals surface area contributed by atoms with Crippen molar-refractivity contribution in [1.29, 1.82) is 0 Å². The minimum Gasteiger partial charge on any atom is -0.491 e. The minimum atomic E-state index is -4.74. The van der Waals surface area contributed by atoms with Crippen LogP contribution >= 0.6 is 0 Å². The Bertz CT molecular complexity index is 979. The Morgan fingerprint density at radius 2 is 2.12 bits per heavy atom. The van der Waals surface area contributed by atoms with E-state index in [-0.39, 0.29) is 37.6 Å². The molecule has 1 amide bonds. The molecule has 32 heavy (non-hydrogen) atoms. The Morgan fingerprint density at radius 3 is 2.88 bits per heavy atom. The van der Waals surface area contributed by atoms with Crippen LogP contribution in [0.5, 0.6) is 11.6 Å². The summed E-state index contributed by atoms with van der Waals surface area (Å²) in [6.45, 7) is -0.169. The summed E-state index contributed by atoms with van der Waals surface area (Å²) in [6, 6.07) is 5.83. The SMILES string of the molecule is O=C(N[C@H]1COc2ccc(CC(F)F)cc2C1)c1cc2n(n1)CCC(COC(F)(F)F)O2. The van der Waals surface area contributed by atoms with Gasteiger partial charge < -0.3 is 14.8 Å². The Balaban J connectivity index is 1.36. The number of amides is 1. The number of ether oxygens (including phenoxy) is 3. The van der Waals surface area contributed by atoms with Crippen molar-refractivity contribution < 1.29 is 41.0 Å². The van der Waals surface area contributed by atoms with Gasteiger partial charge >= 0.3 is 6.36 Å². The van der Waals surface area contributed by atoms with Crippen molar-refractivity contribution in [2.75, 3.05) is 13.2 Å². The lowest BCUT2D eigenvalue weighted by molar-refractivity contribution is -0.330. The zero-order valence-corrected chi connectivity index (χ0v) is 16.7. The fraction of sp³-hybridized carbons (Fsp3) is 0.500. The van der Waals surface area contributed by atoms with Gasteiger partial charge in [0.2, 0.25) is 12.3 Å². The highest BCUT2D eigenvalue weighted by molar-refractivity contribution is 5.92. The Morgan fingerprint density at radius 1 is 1.31 bits per heavy atom. The van der Waals surface area contributed by atoms with E-state index in [0.717, 1.165) is 5.56 Å². The van der Waals surface area contributed by atoms with Gasteiger partial charge in [0.1, 0.15) is 18.5 Å². The summed E-state index contributed by atoms with van der Waals surface area (Å²) < 4.78 is 78.2. The van der Waals surface area contributed by atoms with Crippen molar-refractivity contribution in [3.05, 3.63) is 41.1 Å². The molecule has 0 radical (unpaired) electrons. The van der Waals surface area contributed by atoms with Crippen LogP contribution in [0.15, 0.2) is 24.3 Å². The molecular formula is C20H20F5N3O4. The molecule has 2 aromatic rings. The highest BCUT2D eigenvalue weighted by atomic mass is 19.4. The summed E-state index contributed by atoms with van der Waals surface area (Å²) in [7, 11) is 0. The highest BCUT2D eigenvalue weighted by Gasteiger charge is 2.33. The van der Waals surface area contributed by atoms with E-state index in [4.69, 9.17) is 9.47 Å². The van der Waals surface area contributed by atoms with Crippen LogP contribution in [0, 0.1) is 0 Å². The molecule has 0 aliphatic carbocycles. The Hall–Kier alpha value is -2.89. The number of carbonyl (C=O) groups excluding carboxylic acids is 1. The summed E-state index contributed by atoms with van der Waals surface area (Å²) in [5.41, 5.74) is 1.26. The van der Waals surface area contributed by atoms with Crippen LogP contribution in [0.4, 0.5) is 22.0 Å². The highest BCUT2D eigenvalue weighted by Crippen LogP contribution is 2.28. The van der Waals surface area contributed by atoms with E-state index in [9.17, 15) is 26.7 Å². The maximum absolute atomic E-state index is 12.6. The van der Waals surface area contributed by atoms with Gasteiger partial charge in [-0.3, -0.25) is 9.53 Å². The number of benzene rings is 1. The summed E-state index contributed by atoms with van der Waals surface area (Å²) in [5.74, 6) is 0.268. The number of halogens is 5. The van der Waals surface area contributed by atoms with E-state index in [1.54, 1.807) is 18.2 Å². The predicted molar refractivity (Wildman–Crippen MR) is 99.9 cm³/mol. The standard InChI is InChI=1S/C20H20F5N3O4/c21-17(22)6-11-1-2-16-12(5-11)7-13(9-30-16)26-19(29)15-8-18-28(27-15)4-3-14(32-18)10-31-20(23,24)25/h1-2,5,8,13-14,17H,3-4,6-7,9-10H2,(H,26,29)/t13-,14?/m1/s1. The average molecular weight is 461 g/mol. The predicted octanol–water partition coefficient (Wildman–Crippen LogP) is 3.11. The third-order valence-corrected chi connectivity index (χ3v) is 5.12. The molecule has 4 rings (SSSR count). The van der Waals surface area contributed by atoms with E-state index >= 15 is 0 Å². The number of fused-ring (bicyclic) bond motifs is 2. The van der Waals surface area contributed by atoms with Crippen LogP contribution in [0.1, 0.15) is 28.0 Å². The first-order valence-electron chi connectivity index (χ1n) is 9.95. The molecule has 0 spiro atoms. The number of carbonyl (C=O) groups is 1. The molecule has 1 N–H and O–H groups in total. The largest absolute Gasteiger partial charge is 0.522 e. The lowest BCUT2D eigenvalue weighted by Gasteiger charge is -2.26. The summed E-state index contributed by atoms with van der Waals surface area (Å²) in [6.07, 6.45) is -7.71. The number of hydrogen-bond donors (Lipinski definition) is 1. The number of rotatable bonds is 6. The fourth-order valence-corrected chi connectivity index (χ4v) is 3.67. The van der Waals surface area contributed by atoms with Crippen molar-refractivity contribution in [3.8, 4) is 11.6 Å². The second-order valence-electron chi connectivity index (χ2n) is 7.60. The molecule has 3 heterocycles. The lowest BCUT2D eigenvalue weighted by atomic mass is 9.99. The molecule has 2 aliphatic heterocycles. The third-order valence-electron chi connectivity index (χ3n) is 5.12. The van der Waals surface area contributed by atoms with E-state index in [2.05, 4.69) is 15.2 Å². The average Bonchev–Trinajstić information content (AvgIpc) is 3.14. The zero-order valence-electron chi connectivity index (χ0n) is 16.7. The van der Waals surface area contributed by atoms with Gasteiger partial charge in [0.15, 0.2) is 5.69 Å². The molecule has 1 aromatic heterocycles. The van der Waals surface area contributed by atoms with Crippen LogP contribution < -0.4 is 14.8 Å². The minimum absolute atomic E-state index is 0.0506. The van der Waals surface area contributed by atoms with Crippen molar-refractivity contribution in [1.82, 2.24) is 15.1 Å². The summed E-state index contributed by atoms with van der Waals surface area (Å²) >= 11 is 0. The molecule has 2 aliphatic rings. The van der Waals surface area contributed by atoms with Gasteiger partial charge in [0.25, 0.3) is 5.91 Å². The molecule has 1 unspecified atom stereocenters. The quantitative estimate of drug-likeness (QED) is 0.670. The van der Waals surface area contributed by atoms with Crippen LogP contribution in [0.2, 0.25) is 0 Å². The number of aromatic nitrogens is 2. The third kappa shape index (κ3) is 5.47. The van der Waals surface area contributed by atoms with Crippen molar-refractivity contribution in [2.24, 2.45) is 0 Å². The van der Waals surface area contributed by atoms with Gasteiger partial charge in [-0.25, -0.2) is 13.5 Å². The normalized spacial score (nSPS) is 20.2. The second kappa shape index (κ2) is 8.93. The Labute approximate surface area is 179 Å². The Kier molecular flexibility index (Phi) is 6.22. The maximum Gasteiger partial charge on any atom is 0.522 e. The van der Waals surface area contributed by atoms with Gasteiger partial charge in [0.05, 0.1) is 12.6 Å². The smallest absolute Gasteiger partial charge is 0.491 e. The van der Waals surface area contributed by atoms with Gasteiger partial charge in [-0.2, -0.15) is 5.10 Å². The summed E-state index contributed by atoms with van der Waals surface area (Å²) in [4.78, 5) is 12.6. The molecule has 12 heteroatoms. The van der Waals surface area contributed by atoms with Crippen LogP contribution in [-0.4, -0.2) is 53.8 Å². The number of nitrogens with zero attached hydrogens (tertiary/aromatic N) is 2. The van der Waals surface area contributed by atoms with Gasteiger partial charge in [-0.05, 0) is 23.6 Å². The first-order chi connectivity index (χ1) is 15.2. The van der Waals surface area contributed by atoms with Gasteiger partial charge in [-0.15, -0.1) is 13.2 Å². The van der Waals surface area contributed by atoms with Crippen LogP contribution in [-0.2, 0) is 24.1 Å². The summed E-state index contributed by atoms with van der Waals surface area (Å²) in [5, 5.41) is 6.93. The molecule has 0 fully saturated rings. The van der Waals surface area contributed by atoms with E-state index in [1.807, 2.05) is 0 Å². The lowest BCUT2D eigenvalue weighted by Crippen LogP contribution is -2.43. The monoisotopic (exact) mass is 461 g/mol. The zero-order chi connectivity index (χ0) is 22.9.